The molecule has 6 rings (SSSR count). The van der Waals surface area contributed by atoms with Crippen LogP contribution in [0.5, 0.6) is 0 Å². The second-order valence-corrected chi connectivity index (χ2v) is 12.3. The fraction of sp³-hybridized carbons (Fsp3) is 0.342. The number of rotatable bonds is 10. The smallest absolute Gasteiger partial charge is 0.315 e. The molecule has 2 aliphatic heterocycles. The van der Waals surface area contributed by atoms with Crippen molar-refractivity contribution < 1.29 is 24.5 Å². The minimum absolute atomic E-state index is 0.0000000610. The number of carbonyl (C=O) groups is 1. The summed E-state index contributed by atoms with van der Waals surface area (Å²) in [5.74, 6) is 0.0810. The summed E-state index contributed by atoms with van der Waals surface area (Å²) in [6, 6.07) is 33.9. The van der Waals surface area contributed by atoms with Gasteiger partial charge in [-0.2, -0.15) is 0 Å². The predicted molar refractivity (Wildman–Crippen MR) is 177 cm³/mol. The number of hydrogen-bond acceptors (Lipinski definition) is 6. The van der Waals surface area contributed by atoms with Crippen LogP contribution < -0.4 is 10.6 Å². The first-order valence-electron chi connectivity index (χ1n) is 16.1. The maximum atomic E-state index is 12.5. The van der Waals surface area contributed by atoms with Crippen LogP contribution in [-0.2, 0) is 29.2 Å². The molecule has 2 fully saturated rings. The van der Waals surface area contributed by atoms with Crippen LogP contribution in [0.2, 0.25) is 0 Å². The molecular formula is C38H43N3O5. The molecule has 2 amide bonds. The van der Waals surface area contributed by atoms with Gasteiger partial charge in [0, 0.05) is 44.2 Å². The van der Waals surface area contributed by atoms with Gasteiger partial charge in [0.1, 0.15) is 0 Å². The van der Waals surface area contributed by atoms with Gasteiger partial charge >= 0.3 is 6.03 Å². The van der Waals surface area contributed by atoms with Crippen LogP contribution in [0.25, 0.3) is 11.1 Å². The maximum absolute atomic E-state index is 12.5. The van der Waals surface area contributed by atoms with E-state index in [-0.39, 0.29) is 36.9 Å². The normalized spacial score (nSPS) is 23.2. The van der Waals surface area contributed by atoms with Crippen molar-refractivity contribution in [2.75, 3.05) is 19.6 Å². The Morgan fingerprint density at radius 1 is 0.826 bits per heavy atom. The number of nitrogens with zero attached hydrogens (tertiary/aromatic N) is 1. The molecule has 4 aromatic rings. The Bertz CT molecular complexity index is 1560. The summed E-state index contributed by atoms with van der Waals surface area (Å²) in [6.45, 7) is 5.26. The van der Waals surface area contributed by atoms with Gasteiger partial charge in [-0.1, -0.05) is 110 Å². The molecule has 2 saturated heterocycles. The third kappa shape index (κ3) is 7.84. The Kier molecular flexibility index (Phi) is 10.4. The third-order valence-electron chi connectivity index (χ3n) is 9.06. The zero-order valence-electron chi connectivity index (χ0n) is 26.2. The van der Waals surface area contributed by atoms with E-state index < -0.39 is 6.29 Å². The van der Waals surface area contributed by atoms with Gasteiger partial charge in [0.05, 0.1) is 24.9 Å². The van der Waals surface area contributed by atoms with Gasteiger partial charge in [-0.3, -0.25) is 4.90 Å². The van der Waals surface area contributed by atoms with Crippen LogP contribution in [0.4, 0.5) is 4.79 Å². The van der Waals surface area contributed by atoms with Crippen molar-refractivity contribution in [1.29, 1.82) is 0 Å². The van der Waals surface area contributed by atoms with E-state index in [0.29, 0.717) is 19.6 Å². The largest absolute Gasteiger partial charge is 0.392 e. The van der Waals surface area contributed by atoms with Crippen LogP contribution in [0.3, 0.4) is 0 Å². The van der Waals surface area contributed by atoms with Crippen molar-refractivity contribution in [2.24, 2.45) is 5.92 Å². The number of ether oxygens (including phenoxy) is 2. The highest BCUT2D eigenvalue weighted by atomic mass is 16.7. The first-order valence-corrected chi connectivity index (χ1v) is 16.1. The molecule has 4 N–H and O–H groups in total. The summed E-state index contributed by atoms with van der Waals surface area (Å²) in [4.78, 5) is 14.8. The molecule has 0 bridgehead atoms. The number of benzene rings is 4. The second kappa shape index (κ2) is 15.0. The molecule has 2 heterocycles. The summed E-state index contributed by atoms with van der Waals surface area (Å²) < 4.78 is 13.3. The van der Waals surface area contributed by atoms with Gasteiger partial charge in [-0.15, -0.1) is 0 Å². The minimum Gasteiger partial charge on any atom is -0.392 e. The maximum Gasteiger partial charge on any atom is 0.315 e. The lowest BCUT2D eigenvalue weighted by molar-refractivity contribution is -0.276. The average Bonchev–Trinajstić information content (AvgIpc) is 3.52. The average molecular weight is 622 g/mol. The lowest BCUT2D eigenvalue weighted by atomic mass is 9.90. The van der Waals surface area contributed by atoms with E-state index in [1.54, 1.807) is 0 Å². The Labute approximate surface area is 271 Å². The molecular weight excluding hydrogens is 578 g/mol. The van der Waals surface area contributed by atoms with Crippen LogP contribution in [0.15, 0.2) is 103 Å². The molecule has 5 atom stereocenters. The molecule has 240 valence electrons. The van der Waals surface area contributed by atoms with Crippen molar-refractivity contribution >= 4 is 6.03 Å². The summed E-state index contributed by atoms with van der Waals surface area (Å²) in [5.41, 5.74) is 6.98. The molecule has 0 radical (unpaired) electrons. The fourth-order valence-electron chi connectivity index (χ4n) is 6.35. The zero-order valence-corrected chi connectivity index (χ0v) is 26.2. The number of urea groups is 1. The van der Waals surface area contributed by atoms with E-state index in [9.17, 15) is 15.0 Å². The number of aliphatic hydroxyl groups is 2. The molecule has 4 aromatic carbocycles. The van der Waals surface area contributed by atoms with E-state index in [2.05, 4.69) is 52.8 Å². The van der Waals surface area contributed by atoms with E-state index >= 15 is 0 Å². The number of hydrogen-bond donors (Lipinski definition) is 4. The molecule has 0 aromatic heterocycles. The van der Waals surface area contributed by atoms with Gasteiger partial charge in [0.25, 0.3) is 0 Å². The van der Waals surface area contributed by atoms with Crippen LogP contribution in [0, 0.1) is 5.92 Å². The molecule has 0 aliphatic carbocycles. The van der Waals surface area contributed by atoms with Crippen LogP contribution >= 0.6 is 0 Å². The first-order chi connectivity index (χ1) is 22.5. The van der Waals surface area contributed by atoms with Gasteiger partial charge in [-0.25, -0.2) is 4.79 Å². The number of likely N-dealkylation sites (tertiary alicyclic amines) is 1. The molecule has 8 heteroatoms. The van der Waals surface area contributed by atoms with E-state index in [1.807, 2.05) is 72.8 Å². The quantitative estimate of drug-likeness (QED) is 0.181. The highest BCUT2D eigenvalue weighted by Crippen LogP contribution is 2.42. The fourth-order valence-corrected chi connectivity index (χ4v) is 6.35. The van der Waals surface area contributed by atoms with Gasteiger partial charge in [0.15, 0.2) is 6.29 Å². The van der Waals surface area contributed by atoms with Crippen molar-refractivity contribution in [2.45, 2.75) is 57.6 Å². The Morgan fingerprint density at radius 3 is 2.24 bits per heavy atom. The van der Waals surface area contributed by atoms with Crippen molar-refractivity contribution in [3.8, 4) is 11.1 Å². The van der Waals surface area contributed by atoms with Crippen LogP contribution in [-0.4, -0.2) is 53.0 Å². The molecule has 46 heavy (non-hydrogen) atoms. The number of nitrogens with one attached hydrogen (secondary N) is 2. The minimum atomic E-state index is -0.560. The van der Waals surface area contributed by atoms with E-state index in [0.717, 1.165) is 58.5 Å². The summed E-state index contributed by atoms with van der Waals surface area (Å²) in [6.07, 6.45) is -0.351. The van der Waals surface area contributed by atoms with Crippen molar-refractivity contribution in [3.63, 3.8) is 0 Å². The Morgan fingerprint density at radius 2 is 1.52 bits per heavy atom. The lowest BCUT2D eigenvalue weighted by Gasteiger charge is -2.42. The Hall–Kier alpha value is -4.05. The summed E-state index contributed by atoms with van der Waals surface area (Å²) in [5, 5.41) is 25.6. The second-order valence-electron chi connectivity index (χ2n) is 12.3. The summed E-state index contributed by atoms with van der Waals surface area (Å²) in [7, 11) is 0. The monoisotopic (exact) mass is 621 g/mol. The number of β-amino-alcohol motifs (C(OH)–C–C–N with tert-alkyl or cyclic N) is 1. The highest BCUT2D eigenvalue weighted by molar-refractivity contribution is 5.75. The molecule has 0 saturated carbocycles. The van der Waals surface area contributed by atoms with Crippen molar-refractivity contribution in [3.05, 3.63) is 131 Å². The van der Waals surface area contributed by atoms with E-state index in [4.69, 9.17) is 9.47 Å². The predicted octanol–water partition coefficient (Wildman–Crippen LogP) is 5.70. The summed E-state index contributed by atoms with van der Waals surface area (Å²) >= 11 is 0. The molecule has 0 spiro atoms. The van der Waals surface area contributed by atoms with Crippen molar-refractivity contribution in [1.82, 2.24) is 15.5 Å². The number of amides is 2. The van der Waals surface area contributed by atoms with Gasteiger partial charge in [0.2, 0.25) is 0 Å². The van der Waals surface area contributed by atoms with Crippen LogP contribution in [0.1, 0.15) is 53.6 Å². The van der Waals surface area contributed by atoms with E-state index in [1.165, 1.54) is 0 Å². The number of aliphatic hydroxyl groups excluding tert-OH is 2. The SMILES string of the molecule is CC1C(CN2CCC(O)C2)OC(c2ccc(-c3ccccc3CNC(=O)NCc3ccccc3)cc2)OC1c1ccc(CO)cc1. The molecule has 2 aliphatic rings. The van der Waals surface area contributed by atoms with Gasteiger partial charge < -0.3 is 30.3 Å². The zero-order chi connectivity index (χ0) is 31.9. The van der Waals surface area contributed by atoms with Gasteiger partial charge in [-0.05, 0) is 39.8 Å². The molecule has 8 nitrogen and oxygen atoms in total. The Balaban J connectivity index is 1.16. The number of carbonyl (C=O) groups excluding carboxylic acids is 1. The first kappa shape index (κ1) is 31.9. The highest BCUT2D eigenvalue weighted by Gasteiger charge is 2.39. The topological polar surface area (TPSA) is 103 Å². The third-order valence-corrected chi connectivity index (χ3v) is 9.06. The lowest BCUT2D eigenvalue weighted by Crippen LogP contribution is -2.44. The standard InChI is InChI=1S/C38H43N3O5/c1-26-35(24-41-20-19-33(43)23-41)45-37(46-36(26)30-13-11-28(25-42)12-14-30)31-17-15-29(16-18-31)34-10-6-5-9-32(34)22-40-38(44)39-21-27-7-3-2-4-8-27/h2-18,26,33,35-37,42-43H,19-25H2,1H3,(H2,39,40,44). The molecule has 5 unspecified atom stereocenters.